The molecule has 3 aromatic rings. The number of hydrogen-bond donors (Lipinski definition) is 3. The van der Waals surface area contributed by atoms with Crippen molar-refractivity contribution in [1.82, 2.24) is 10.5 Å². The maximum atomic E-state index is 14.6. The van der Waals surface area contributed by atoms with Gasteiger partial charge in [-0.15, -0.1) is 0 Å². The van der Waals surface area contributed by atoms with Gasteiger partial charge in [-0.3, -0.25) is 14.4 Å². The largest absolute Gasteiger partial charge is 0.380 e. The van der Waals surface area contributed by atoms with Crippen LogP contribution in [0.3, 0.4) is 0 Å². The molecule has 2 amide bonds. The van der Waals surface area contributed by atoms with Crippen molar-refractivity contribution in [3.8, 4) is 0 Å². The molecule has 0 aliphatic carbocycles. The van der Waals surface area contributed by atoms with Gasteiger partial charge in [-0.05, 0) is 28.4 Å². The van der Waals surface area contributed by atoms with E-state index < -0.39 is 31.5 Å². The molecule has 0 saturated heterocycles. The van der Waals surface area contributed by atoms with Crippen molar-refractivity contribution in [2.24, 2.45) is 0 Å². The number of nitrogens with one attached hydrogen (secondary N) is 3. The molecular formula is C23H26FN3O5Si. The number of rotatable bonds is 8. The van der Waals surface area contributed by atoms with Crippen LogP contribution in [0.2, 0.25) is 19.6 Å². The summed E-state index contributed by atoms with van der Waals surface area (Å²) in [5, 5.41) is 7.91. The minimum Gasteiger partial charge on any atom is -0.380 e. The molecular weight excluding hydrogens is 445 g/mol. The molecule has 2 aromatic carbocycles. The Kier molecular flexibility index (Phi) is 7.29. The Bertz CT molecular complexity index is 1200. The summed E-state index contributed by atoms with van der Waals surface area (Å²) in [4.78, 5) is 37.0. The minimum atomic E-state index is -1.88. The van der Waals surface area contributed by atoms with E-state index in [1.165, 1.54) is 6.07 Å². The standard InChI is InChI=1S/C23H26FN3O5Si/c1-31-13-14-5-7-15(8-6-14)21(26-22(29)18-12-20(28)27-32-18)23(30)25-16-9-10-19(17(24)11-16)33(2,3)4/h5-12,21H,13H2,1-4H3,(H,25,30)(H,26,29)(H,27,28). The van der Waals surface area contributed by atoms with Crippen LogP contribution in [0, 0.1) is 5.82 Å². The Morgan fingerprint density at radius 2 is 1.82 bits per heavy atom. The topological polar surface area (TPSA) is 113 Å². The van der Waals surface area contributed by atoms with E-state index in [1.54, 1.807) is 43.5 Å². The first-order chi connectivity index (χ1) is 15.6. The van der Waals surface area contributed by atoms with Crippen molar-refractivity contribution in [2.75, 3.05) is 12.4 Å². The quantitative estimate of drug-likeness (QED) is 0.437. The number of ether oxygens (including phenoxy) is 1. The van der Waals surface area contributed by atoms with Crippen LogP contribution in [0.1, 0.15) is 27.7 Å². The molecule has 0 aliphatic rings. The molecule has 174 valence electrons. The van der Waals surface area contributed by atoms with E-state index in [4.69, 9.17) is 9.26 Å². The lowest BCUT2D eigenvalue weighted by Crippen LogP contribution is -2.40. The van der Waals surface area contributed by atoms with Crippen LogP contribution in [-0.2, 0) is 16.1 Å². The molecule has 33 heavy (non-hydrogen) atoms. The molecule has 0 aliphatic heterocycles. The third-order valence-electron chi connectivity index (χ3n) is 4.95. The third-order valence-corrected chi connectivity index (χ3v) is 6.98. The summed E-state index contributed by atoms with van der Waals surface area (Å²) >= 11 is 0. The van der Waals surface area contributed by atoms with Crippen LogP contribution >= 0.6 is 0 Å². The van der Waals surface area contributed by atoms with Gasteiger partial charge in [0.25, 0.3) is 17.4 Å². The molecule has 3 N–H and O–H groups in total. The molecule has 0 spiro atoms. The maximum absolute atomic E-state index is 14.6. The molecule has 1 aromatic heterocycles. The van der Waals surface area contributed by atoms with Gasteiger partial charge in [-0.1, -0.05) is 50.0 Å². The van der Waals surface area contributed by atoms with E-state index in [0.717, 1.165) is 11.6 Å². The van der Waals surface area contributed by atoms with Crippen molar-refractivity contribution in [2.45, 2.75) is 32.3 Å². The van der Waals surface area contributed by atoms with Gasteiger partial charge in [0.1, 0.15) is 11.9 Å². The first-order valence-corrected chi connectivity index (χ1v) is 13.8. The molecule has 0 bridgehead atoms. The summed E-state index contributed by atoms with van der Waals surface area (Å²) in [5.41, 5.74) is 1.05. The number of carbonyl (C=O) groups excluding carboxylic acids is 2. The number of benzene rings is 2. The fraction of sp³-hybridized carbons (Fsp3) is 0.261. The van der Waals surface area contributed by atoms with Crippen LogP contribution in [-0.4, -0.2) is 32.2 Å². The summed E-state index contributed by atoms with van der Waals surface area (Å²) in [6.07, 6.45) is 0. The number of H-pyrrole nitrogens is 1. The van der Waals surface area contributed by atoms with E-state index in [2.05, 4.69) is 10.6 Å². The molecule has 0 saturated carbocycles. The second-order valence-electron chi connectivity index (χ2n) is 8.59. The van der Waals surface area contributed by atoms with Crippen LogP contribution in [0.15, 0.2) is 57.8 Å². The highest BCUT2D eigenvalue weighted by molar-refractivity contribution is 6.88. The Balaban J connectivity index is 1.87. The van der Waals surface area contributed by atoms with Crippen LogP contribution in [0.4, 0.5) is 10.1 Å². The number of carbonyl (C=O) groups is 2. The van der Waals surface area contributed by atoms with E-state index in [0.29, 0.717) is 17.4 Å². The fourth-order valence-electron chi connectivity index (χ4n) is 3.29. The Morgan fingerprint density at radius 3 is 2.36 bits per heavy atom. The second kappa shape index (κ2) is 9.97. The van der Waals surface area contributed by atoms with Gasteiger partial charge in [-0.2, -0.15) is 5.16 Å². The average Bonchev–Trinajstić information content (AvgIpc) is 3.18. The van der Waals surface area contributed by atoms with Crippen LogP contribution in [0.25, 0.3) is 0 Å². The average molecular weight is 472 g/mol. The van der Waals surface area contributed by atoms with E-state index >= 15 is 0 Å². The maximum Gasteiger partial charge on any atom is 0.290 e. The van der Waals surface area contributed by atoms with Crippen molar-refractivity contribution >= 4 is 30.8 Å². The van der Waals surface area contributed by atoms with Gasteiger partial charge in [0.15, 0.2) is 0 Å². The molecule has 1 atom stereocenters. The molecule has 10 heteroatoms. The Morgan fingerprint density at radius 1 is 1.12 bits per heavy atom. The number of methoxy groups -OCH3 is 1. The summed E-state index contributed by atoms with van der Waals surface area (Å²) in [6.45, 7) is 6.48. The summed E-state index contributed by atoms with van der Waals surface area (Å²) < 4.78 is 24.6. The van der Waals surface area contributed by atoms with Crippen LogP contribution < -0.4 is 21.4 Å². The highest BCUT2D eigenvalue weighted by atomic mass is 28.3. The van der Waals surface area contributed by atoms with Crippen molar-refractivity contribution in [3.63, 3.8) is 0 Å². The molecule has 8 nitrogen and oxygen atoms in total. The second-order valence-corrected chi connectivity index (χ2v) is 13.6. The zero-order chi connectivity index (χ0) is 24.2. The van der Waals surface area contributed by atoms with Gasteiger partial charge < -0.3 is 19.9 Å². The fourth-order valence-corrected chi connectivity index (χ4v) is 4.66. The predicted molar refractivity (Wildman–Crippen MR) is 125 cm³/mol. The van der Waals surface area contributed by atoms with Gasteiger partial charge in [0, 0.05) is 12.8 Å². The van der Waals surface area contributed by atoms with Gasteiger partial charge in [-0.25, -0.2) is 4.39 Å². The smallest absolute Gasteiger partial charge is 0.290 e. The Labute approximate surface area is 191 Å². The molecule has 0 radical (unpaired) electrons. The summed E-state index contributed by atoms with van der Waals surface area (Å²) in [5.74, 6) is -1.99. The summed E-state index contributed by atoms with van der Waals surface area (Å²) in [6, 6.07) is 11.3. The number of aromatic amines is 1. The predicted octanol–water partition coefficient (Wildman–Crippen LogP) is 2.91. The van der Waals surface area contributed by atoms with Crippen molar-refractivity contribution < 1.29 is 23.2 Å². The third kappa shape index (κ3) is 6.05. The number of aromatic nitrogens is 1. The zero-order valence-electron chi connectivity index (χ0n) is 18.8. The summed E-state index contributed by atoms with van der Waals surface area (Å²) in [7, 11) is -0.308. The Hall–Kier alpha value is -3.50. The normalized spacial score (nSPS) is 12.3. The lowest BCUT2D eigenvalue weighted by Gasteiger charge is -2.20. The number of hydrogen-bond acceptors (Lipinski definition) is 5. The zero-order valence-corrected chi connectivity index (χ0v) is 19.8. The highest BCUT2D eigenvalue weighted by Crippen LogP contribution is 2.19. The first kappa shape index (κ1) is 24.1. The van der Waals surface area contributed by atoms with Crippen LogP contribution in [0.5, 0.6) is 0 Å². The van der Waals surface area contributed by atoms with Crippen molar-refractivity contribution in [1.29, 1.82) is 0 Å². The molecule has 0 fully saturated rings. The minimum absolute atomic E-state index is 0.265. The van der Waals surface area contributed by atoms with E-state index in [1.807, 2.05) is 24.8 Å². The number of amides is 2. The van der Waals surface area contributed by atoms with Gasteiger partial charge in [0.05, 0.1) is 20.7 Å². The molecule has 1 heterocycles. The lowest BCUT2D eigenvalue weighted by atomic mass is 10.0. The monoisotopic (exact) mass is 471 g/mol. The molecule has 3 rings (SSSR count). The van der Waals surface area contributed by atoms with Gasteiger partial charge >= 0.3 is 0 Å². The van der Waals surface area contributed by atoms with Crippen molar-refractivity contribution in [3.05, 3.63) is 81.6 Å². The lowest BCUT2D eigenvalue weighted by molar-refractivity contribution is -0.118. The van der Waals surface area contributed by atoms with Gasteiger partial charge in [0.2, 0.25) is 5.76 Å². The first-order valence-electron chi connectivity index (χ1n) is 10.3. The van der Waals surface area contributed by atoms with E-state index in [-0.39, 0.29) is 17.3 Å². The highest BCUT2D eigenvalue weighted by Gasteiger charge is 2.26. The SMILES string of the molecule is COCc1ccc(C(NC(=O)c2cc(=O)[nH]o2)C(=O)Nc2ccc([Si](C)(C)C)c(F)c2)cc1. The number of halogens is 1. The number of anilines is 1. The van der Waals surface area contributed by atoms with E-state index in [9.17, 15) is 18.8 Å². The molecule has 1 unspecified atom stereocenters.